The molecule has 2 N–H and O–H groups in total. The highest BCUT2D eigenvalue weighted by Gasteiger charge is 2.47. The quantitative estimate of drug-likeness (QED) is 0.408. The van der Waals surface area contributed by atoms with E-state index in [1.165, 1.54) is 17.2 Å². The minimum atomic E-state index is -1.26. The van der Waals surface area contributed by atoms with Crippen LogP contribution in [0.4, 0.5) is 20.4 Å². The van der Waals surface area contributed by atoms with E-state index < -0.39 is 23.0 Å². The molecule has 1 saturated heterocycles. The standard InChI is InChI=1S/C28H33ClF2N6O/c1-6-36-12-17(13-36)34-25-24(31)22-19(10-32-25)27(38)37(26-18(11-33-35-26)16(4)15(2)3)14-28(22,5)20-8-7-9-21(29)23(20)30/h7-11,15-17H,6,12-14H2,1-5H3,(H,32,34)(H,33,35)/t16?,28-/m1/s1. The van der Waals surface area contributed by atoms with E-state index in [9.17, 15) is 4.79 Å². The van der Waals surface area contributed by atoms with Gasteiger partial charge < -0.3 is 5.32 Å². The molecule has 2 aromatic heterocycles. The van der Waals surface area contributed by atoms with Gasteiger partial charge in [-0.15, -0.1) is 0 Å². The number of hydrogen-bond donors (Lipinski definition) is 2. The lowest BCUT2D eigenvalue weighted by molar-refractivity contribution is 0.0967. The summed E-state index contributed by atoms with van der Waals surface area (Å²) >= 11 is 6.19. The number of rotatable bonds is 7. The van der Waals surface area contributed by atoms with Crippen molar-refractivity contribution < 1.29 is 13.6 Å². The number of pyridine rings is 1. The van der Waals surface area contributed by atoms with Gasteiger partial charge in [0.2, 0.25) is 0 Å². The molecule has 5 rings (SSSR count). The van der Waals surface area contributed by atoms with Crippen LogP contribution in [0.2, 0.25) is 5.02 Å². The molecule has 3 aromatic rings. The number of aromatic amines is 1. The second-order valence-corrected chi connectivity index (χ2v) is 11.3. The number of hydrogen-bond acceptors (Lipinski definition) is 5. The van der Waals surface area contributed by atoms with Gasteiger partial charge in [-0.2, -0.15) is 5.10 Å². The molecule has 1 aromatic carbocycles. The number of aromatic nitrogens is 3. The van der Waals surface area contributed by atoms with Gasteiger partial charge in [0.1, 0.15) is 11.6 Å². The van der Waals surface area contributed by atoms with E-state index in [2.05, 4.69) is 53.1 Å². The maximum atomic E-state index is 16.3. The van der Waals surface area contributed by atoms with Crippen molar-refractivity contribution in [2.24, 2.45) is 5.92 Å². The van der Waals surface area contributed by atoms with Gasteiger partial charge in [0.15, 0.2) is 11.6 Å². The van der Waals surface area contributed by atoms with Gasteiger partial charge in [-0.3, -0.25) is 19.7 Å². The predicted molar refractivity (Wildman–Crippen MR) is 145 cm³/mol. The third-order valence-corrected chi connectivity index (χ3v) is 8.51. The molecule has 38 heavy (non-hydrogen) atoms. The third kappa shape index (κ3) is 4.25. The van der Waals surface area contributed by atoms with Crippen LogP contribution in [0.5, 0.6) is 0 Å². The van der Waals surface area contributed by atoms with Gasteiger partial charge >= 0.3 is 0 Å². The number of carbonyl (C=O) groups excluding carboxylic acids is 1. The molecule has 1 fully saturated rings. The van der Waals surface area contributed by atoms with Crippen LogP contribution < -0.4 is 10.2 Å². The van der Waals surface area contributed by atoms with Crippen molar-refractivity contribution in [2.45, 2.75) is 52.0 Å². The summed E-state index contributed by atoms with van der Waals surface area (Å²) in [7, 11) is 0. The Hall–Kier alpha value is -3.04. The first-order valence-corrected chi connectivity index (χ1v) is 13.4. The Kier molecular flexibility index (Phi) is 6.94. The molecule has 0 spiro atoms. The van der Waals surface area contributed by atoms with E-state index in [4.69, 9.17) is 11.6 Å². The van der Waals surface area contributed by atoms with Crippen LogP contribution in [-0.4, -0.2) is 58.2 Å². The summed E-state index contributed by atoms with van der Waals surface area (Å²) in [4.78, 5) is 22.0. The van der Waals surface area contributed by atoms with Crippen molar-refractivity contribution in [1.29, 1.82) is 0 Å². The molecular weight excluding hydrogens is 510 g/mol. The number of benzene rings is 1. The number of H-pyrrole nitrogens is 1. The molecular formula is C28H33ClF2N6O. The lowest BCUT2D eigenvalue weighted by Gasteiger charge is -2.43. The van der Waals surface area contributed by atoms with E-state index in [-0.39, 0.29) is 52.0 Å². The second-order valence-electron chi connectivity index (χ2n) is 10.9. The number of nitrogens with zero attached hydrogens (tertiary/aromatic N) is 4. The monoisotopic (exact) mass is 542 g/mol. The number of halogens is 3. The average Bonchev–Trinajstić information content (AvgIpc) is 3.34. The van der Waals surface area contributed by atoms with Crippen LogP contribution in [0, 0.1) is 17.6 Å². The molecule has 0 radical (unpaired) electrons. The number of likely N-dealkylation sites (tertiary alicyclic amines) is 1. The second kappa shape index (κ2) is 9.93. The molecule has 7 nitrogen and oxygen atoms in total. The highest BCUT2D eigenvalue weighted by molar-refractivity contribution is 6.30. The zero-order valence-electron chi connectivity index (χ0n) is 22.3. The molecule has 1 unspecified atom stereocenters. The van der Waals surface area contributed by atoms with Gasteiger partial charge in [-0.05, 0) is 31.4 Å². The average molecular weight is 543 g/mol. The maximum absolute atomic E-state index is 16.3. The summed E-state index contributed by atoms with van der Waals surface area (Å²) < 4.78 is 31.9. The number of amides is 1. The molecule has 4 heterocycles. The Balaban J connectivity index is 1.66. The van der Waals surface area contributed by atoms with Crippen LogP contribution >= 0.6 is 11.6 Å². The van der Waals surface area contributed by atoms with Crippen LogP contribution in [0.15, 0.2) is 30.6 Å². The molecule has 2 atom stereocenters. The summed E-state index contributed by atoms with van der Waals surface area (Å²) in [5.41, 5.74) is 0.00598. The summed E-state index contributed by atoms with van der Waals surface area (Å²) in [6.07, 6.45) is 3.11. The van der Waals surface area contributed by atoms with Gasteiger partial charge in [0.25, 0.3) is 5.91 Å². The molecule has 0 saturated carbocycles. The first kappa shape index (κ1) is 26.6. The van der Waals surface area contributed by atoms with E-state index in [0.29, 0.717) is 5.82 Å². The predicted octanol–water partition coefficient (Wildman–Crippen LogP) is 5.58. The first-order chi connectivity index (χ1) is 18.1. The number of carbonyl (C=O) groups is 1. The van der Waals surface area contributed by atoms with Gasteiger partial charge in [0, 0.05) is 47.9 Å². The summed E-state index contributed by atoms with van der Waals surface area (Å²) in [5, 5.41) is 10.3. The number of nitrogens with one attached hydrogen (secondary N) is 2. The van der Waals surface area contributed by atoms with Crippen LogP contribution in [0.25, 0.3) is 0 Å². The Bertz CT molecular complexity index is 1370. The van der Waals surface area contributed by atoms with Crippen LogP contribution in [0.1, 0.15) is 67.6 Å². The normalized spacial score (nSPS) is 21.0. The fourth-order valence-corrected chi connectivity index (χ4v) is 5.72. The summed E-state index contributed by atoms with van der Waals surface area (Å²) in [6.45, 7) is 12.5. The van der Waals surface area contributed by atoms with Crippen LogP contribution in [-0.2, 0) is 5.41 Å². The van der Waals surface area contributed by atoms with Gasteiger partial charge in [-0.1, -0.05) is 51.4 Å². The first-order valence-electron chi connectivity index (χ1n) is 13.0. The smallest absolute Gasteiger partial charge is 0.261 e. The minimum Gasteiger partial charge on any atom is -0.362 e. The lowest BCUT2D eigenvalue weighted by Crippen LogP contribution is -2.54. The largest absolute Gasteiger partial charge is 0.362 e. The van der Waals surface area contributed by atoms with Crippen molar-refractivity contribution in [1.82, 2.24) is 20.1 Å². The van der Waals surface area contributed by atoms with Crippen molar-refractivity contribution >= 4 is 29.1 Å². The molecule has 2 aliphatic heterocycles. The molecule has 2 aliphatic rings. The summed E-state index contributed by atoms with van der Waals surface area (Å²) in [5.74, 6) is -0.729. The summed E-state index contributed by atoms with van der Waals surface area (Å²) in [6, 6.07) is 4.74. The van der Waals surface area contributed by atoms with Crippen molar-refractivity contribution in [3.63, 3.8) is 0 Å². The van der Waals surface area contributed by atoms with Crippen molar-refractivity contribution in [3.05, 3.63) is 69.5 Å². The molecule has 0 aliphatic carbocycles. The molecule has 10 heteroatoms. The lowest BCUT2D eigenvalue weighted by atomic mass is 9.71. The van der Waals surface area contributed by atoms with E-state index in [0.717, 1.165) is 25.2 Å². The molecule has 1 amide bonds. The highest BCUT2D eigenvalue weighted by atomic mass is 35.5. The number of anilines is 2. The fourth-order valence-electron chi connectivity index (χ4n) is 5.54. The van der Waals surface area contributed by atoms with E-state index in [1.807, 2.05) is 0 Å². The zero-order valence-corrected chi connectivity index (χ0v) is 23.0. The highest BCUT2D eigenvalue weighted by Crippen LogP contribution is 2.45. The van der Waals surface area contributed by atoms with E-state index in [1.54, 1.807) is 25.3 Å². The Morgan fingerprint density at radius 1 is 1.21 bits per heavy atom. The maximum Gasteiger partial charge on any atom is 0.261 e. The van der Waals surface area contributed by atoms with Gasteiger partial charge in [-0.25, -0.2) is 13.8 Å². The van der Waals surface area contributed by atoms with E-state index >= 15 is 8.78 Å². The fraction of sp³-hybridized carbons (Fsp3) is 0.464. The molecule has 202 valence electrons. The molecule has 0 bridgehead atoms. The van der Waals surface area contributed by atoms with Crippen molar-refractivity contribution in [2.75, 3.05) is 36.4 Å². The third-order valence-electron chi connectivity index (χ3n) is 8.22. The number of likely N-dealkylation sites (N-methyl/N-ethyl adjacent to an activating group) is 1. The van der Waals surface area contributed by atoms with Crippen molar-refractivity contribution in [3.8, 4) is 0 Å². The Labute approximate surface area is 226 Å². The zero-order chi connectivity index (χ0) is 27.4. The topological polar surface area (TPSA) is 77.2 Å². The number of fused-ring (bicyclic) bond motifs is 1. The Morgan fingerprint density at radius 2 is 1.95 bits per heavy atom. The Morgan fingerprint density at radius 3 is 2.63 bits per heavy atom. The SMILES string of the molecule is CCN1CC(Nc2ncc3c(c2F)[C@@](C)(c2cccc(Cl)c2F)CN(c2[nH]ncc2C(C)C(C)C)C3=O)C1. The minimum absolute atomic E-state index is 0.0104. The van der Waals surface area contributed by atoms with Crippen LogP contribution in [0.3, 0.4) is 0 Å². The van der Waals surface area contributed by atoms with Gasteiger partial charge in [0.05, 0.1) is 22.8 Å².